The molecule has 0 radical (unpaired) electrons. The fourth-order valence-electron chi connectivity index (χ4n) is 4.80. The summed E-state index contributed by atoms with van der Waals surface area (Å²) in [7, 11) is -2.01. The van der Waals surface area contributed by atoms with Crippen molar-refractivity contribution in [3.8, 4) is 0 Å². The molecule has 0 aromatic heterocycles. The standard InChI is InChI=1S/C23H38IN4PS/c1-23(2,3)29(27-16-10-4-5-11-17-27,28-18-12-6-7-13-19-28)26-22(30)25-21-15-9-8-14-20(21)24/h8-9,14-15H,4-7,10-13,16-19H2,1-3H3,(H,25,30). The van der Waals surface area contributed by atoms with Gasteiger partial charge in [-0.1, -0.05) is 58.6 Å². The maximum absolute atomic E-state index is 5.91. The first-order chi connectivity index (χ1) is 14.3. The van der Waals surface area contributed by atoms with Crippen molar-refractivity contribution in [1.82, 2.24) is 9.34 Å². The Morgan fingerprint density at radius 2 is 1.37 bits per heavy atom. The van der Waals surface area contributed by atoms with Gasteiger partial charge in [-0.2, -0.15) is 0 Å². The molecule has 30 heavy (non-hydrogen) atoms. The zero-order valence-corrected chi connectivity index (χ0v) is 22.7. The second kappa shape index (κ2) is 11.2. The minimum absolute atomic E-state index is 0.0528. The molecule has 0 aliphatic carbocycles. The first kappa shape index (κ1) is 24.6. The maximum atomic E-state index is 5.91. The molecule has 4 nitrogen and oxygen atoms in total. The van der Waals surface area contributed by atoms with E-state index in [0.29, 0.717) is 5.11 Å². The second-order valence-electron chi connectivity index (χ2n) is 9.48. The van der Waals surface area contributed by atoms with Gasteiger partial charge in [-0.3, -0.25) is 9.34 Å². The number of hydrogen-bond donors (Lipinski definition) is 1. The molecule has 168 valence electrons. The Balaban J connectivity index is 2.06. The molecule has 0 amide bonds. The Labute approximate surface area is 202 Å². The van der Waals surface area contributed by atoms with E-state index in [2.05, 4.69) is 82.3 Å². The molecule has 2 saturated heterocycles. The third-order valence-corrected chi connectivity index (χ3v) is 12.1. The van der Waals surface area contributed by atoms with Crippen LogP contribution in [-0.2, 0) is 0 Å². The Hall–Kier alpha value is -0.0100. The summed E-state index contributed by atoms with van der Waals surface area (Å²) in [6.07, 6.45) is 10.5. The van der Waals surface area contributed by atoms with Gasteiger partial charge in [-0.25, -0.2) is 4.74 Å². The summed E-state index contributed by atoms with van der Waals surface area (Å²) in [5.74, 6) is 0. The van der Waals surface area contributed by atoms with Crippen molar-refractivity contribution in [3.63, 3.8) is 0 Å². The van der Waals surface area contributed by atoms with E-state index in [0.717, 1.165) is 31.9 Å². The first-order valence-corrected chi connectivity index (χ1v) is 14.7. The maximum Gasteiger partial charge on any atom is 0.198 e. The van der Waals surface area contributed by atoms with Gasteiger partial charge in [0.05, 0.1) is 5.69 Å². The normalized spacial score (nSPS) is 20.3. The lowest BCUT2D eigenvalue weighted by Crippen LogP contribution is -2.42. The molecular weight excluding hydrogens is 522 g/mol. The Morgan fingerprint density at radius 1 is 0.900 bits per heavy atom. The van der Waals surface area contributed by atoms with Gasteiger partial charge in [0, 0.05) is 34.9 Å². The fraction of sp³-hybridized carbons (Fsp3) is 0.696. The van der Waals surface area contributed by atoms with Gasteiger partial charge in [0.15, 0.2) is 5.11 Å². The predicted molar refractivity (Wildman–Crippen MR) is 145 cm³/mol. The van der Waals surface area contributed by atoms with Crippen molar-refractivity contribution in [2.45, 2.75) is 77.3 Å². The van der Waals surface area contributed by atoms with E-state index in [9.17, 15) is 0 Å². The molecule has 0 atom stereocenters. The molecule has 1 aromatic rings. The van der Waals surface area contributed by atoms with Crippen LogP contribution in [-0.4, -0.2) is 45.8 Å². The van der Waals surface area contributed by atoms with Gasteiger partial charge in [-0.05, 0) is 72.6 Å². The summed E-state index contributed by atoms with van der Waals surface area (Å²) < 4.78 is 12.3. The summed E-state index contributed by atoms with van der Waals surface area (Å²) in [5.41, 5.74) is 1.06. The van der Waals surface area contributed by atoms with E-state index in [-0.39, 0.29) is 5.16 Å². The molecule has 2 aliphatic rings. The summed E-state index contributed by atoms with van der Waals surface area (Å²) >= 11 is 8.28. The summed E-state index contributed by atoms with van der Waals surface area (Å²) in [6.45, 7) is 11.8. The van der Waals surface area contributed by atoms with Crippen LogP contribution in [0.25, 0.3) is 0 Å². The van der Waals surface area contributed by atoms with Crippen molar-refractivity contribution in [1.29, 1.82) is 0 Å². The zero-order valence-electron chi connectivity index (χ0n) is 18.9. The highest BCUT2D eigenvalue weighted by molar-refractivity contribution is 14.1. The number of hydrogen-bond acceptors (Lipinski definition) is 1. The molecule has 0 saturated carbocycles. The van der Waals surface area contributed by atoms with Gasteiger partial charge in [-0.15, -0.1) is 0 Å². The number of nitrogens with zero attached hydrogens (tertiary/aromatic N) is 3. The number of thiocarbonyl (C=S) groups is 1. The average Bonchev–Trinajstić information content (AvgIpc) is 3.12. The van der Waals surface area contributed by atoms with Crippen LogP contribution in [0, 0.1) is 3.57 Å². The largest absolute Gasteiger partial charge is 0.330 e. The highest BCUT2D eigenvalue weighted by Crippen LogP contribution is 2.66. The smallest absolute Gasteiger partial charge is 0.198 e. The van der Waals surface area contributed by atoms with Crippen molar-refractivity contribution in [3.05, 3.63) is 27.8 Å². The molecule has 2 fully saturated rings. The molecule has 1 aromatic carbocycles. The van der Waals surface area contributed by atoms with Crippen molar-refractivity contribution in [2.24, 2.45) is 4.74 Å². The molecule has 3 rings (SSSR count). The lowest BCUT2D eigenvalue weighted by Gasteiger charge is -2.50. The van der Waals surface area contributed by atoms with Crippen LogP contribution in [0.4, 0.5) is 5.69 Å². The van der Waals surface area contributed by atoms with Gasteiger partial charge >= 0.3 is 0 Å². The van der Waals surface area contributed by atoms with Crippen LogP contribution in [0.3, 0.4) is 0 Å². The van der Waals surface area contributed by atoms with Gasteiger partial charge in [0.25, 0.3) is 0 Å². The molecule has 0 bridgehead atoms. The molecule has 1 N–H and O–H groups in total. The second-order valence-corrected chi connectivity index (χ2v) is 14.8. The molecule has 7 heteroatoms. The van der Waals surface area contributed by atoms with Crippen LogP contribution < -0.4 is 5.32 Å². The highest BCUT2D eigenvalue weighted by atomic mass is 127. The number of nitrogens with one attached hydrogen (secondary N) is 1. The lowest BCUT2D eigenvalue weighted by molar-refractivity contribution is 0.368. The number of anilines is 1. The van der Waals surface area contributed by atoms with Crippen molar-refractivity contribution >= 4 is 53.0 Å². The van der Waals surface area contributed by atoms with Crippen LogP contribution in [0.1, 0.15) is 72.1 Å². The predicted octanol–water partition coefficient (Wildman–Crippen LogP) is 7.57. The first-order valence-electron chi connectivity index (χ1n) is 11.5. The van der Waals surface area contributed by atoms with Crippen LogP contribution in [0.5, 0.6) is 0 Å². The summed E-state index contributed by atoms with van der Waals surface area (Å²) in [4.78, 5) is 0. The van der Waals surface area contributed by atoms with E-state index < -0.39 is 7.36 Å². The monoisotopic (exact) mass is 560 g/mol. The molecular formula is C23H38IN4PS. The lowest BCUT2D eigenvalue weighted by atomic mass is 10.2. The molecule has 2 aliphatic heterocycles. The van der Waals surface area contributed by atoms with Crippen molar-refractivity contribution in [2.75, 3.05) is 31.5 Å². The third kappa shape index (κ3) is 5.86. The minimum Gasteiger partial charge on any atom is -0.330 e. The van der Waals surface area contributed by atoms with Gasteiger partial charge < -0.3 is 5.32 Å². The number of benzene rings is 1. The Morgan fingerprint density at radius 3 is 1.80 bits per heavy atom. The van der Waals surface area contributed by atoms with E-state index >= 15 is 0 Å². The number of rotatable bonds is 3. The quantitative estimate of drug-likeness (QED) is 0.235. The topological polar surface area (TPSA) is 30.9 Å². The summed E-state index contributed by atoms with van der Waals surface area (Å²) in [6, 6.07) is 8.33. The van der Waals surface area contributed by atoms with E-state index in [1.807, 2.05) is 0 Å². The van der Waals surface area contributed by atoms with Crippen LogP contribution in [0.2, 0.25) is 0 Å². The fourth-order valence-corrected chi connectivity index (χ4v) is 10.4. The highest BCUT2D eigenvalue weighted by Gasteiger charge is 2.44. The van der Waals surface area contributed by atoms with E-state index in [4.69, 9.17) is 17.0 Å². The third-order valence-electron chi connectivity index (χ3n) is 6.20. The summed E-state index contributed by atoms with van der Waals surface area (Å²) in [5, 5.41) is 4.18. The SMILES string of the molecule is CC(C)(C)P(=NC(=S)Nc1ccccc1I)(N1CCCCCC1)N1CCCCCC1. The Bertz CT molecular complexity index is 737. The molecule has 0 spiro atoms. The minimum atomic E-state index is -2.01. The molecule has 2 heterocycles. The van der Waals surface area contributed by atoms with Crippen molar-refractivity contribution < 1.29 is 0 Å². The molecule has 0 unspecified atom stereocenters. The van der Waals surface area contributed by atoms with Gasteiger partial charge in [0.2, 0.25) is 0 Å². The average molecular weight is 561 g/mol. The Kier molecular flexibility index (Phi) is 9.21. The number of para-hydroxylation sites is 1. The van der Waals surface area contributed by atoms with Gasteiger partial charge in [0.1, 0.15) is 7.36 Å². The van der Waals surface area contributed by atoms with Crippen LogP contribution in [0.15, 0.2) is 29.0 Å². The van der Waals surface area contributed by atoms with E-state index in [1.54, 1.807) is 0 Å². The van der Waals surface area contributed by atoms with E-state index in [1.165, 1.54) is 54.9 Å². The zero-order chi connectivity index (χ0) is 21.6. The number of halogens is 1. The van der Waals surface area contributed by atoms with Crippen LogP contribution >= 0.6 is 42.2 Å².